The molecule has 0 spiro atoms. The molecule has 0 aliphatic heterocycles. The van der Waals surface area contributed by atoms with Crippen LogP contribution in [0.4, 0.5) is 0 Å². The maximum absolute atomic E-state index is 6.67. The Kier molecular flexibility index (Phi) is 13.7. The van der Waals surface area contributed by atoms with Crippen LogP contribution in [0, 0.1) is 23.7 Å². The van der Waals surface area contributed by atoms with E-state index >= 15 is 0 Å². The summed E-state index contributed by atoms with van der Waals surface area (Å²) in [5.74, 6) is 2.42. The van der Waals surface area contributed by atoms with Gasteiger partial charge in [-0.2, -0.15) is 0 Å². The highest BCUT2D eigenvalue weighted by molar-refractivity contribution is 6.29. The minimum Gasteiger partial charge on any atom is -0.418 e. The van der Waals surface area contributed by atoms with Crippen LogP contribution in [-0.4, -0.2) is 30.7 Å². The molecule has 4 heteroatoms. The summed E-state index contributed by atoms with van der Waals surface area (Å²) in [6, 6.07) is 2.62. The lowest BCUT2D eigenvalue weighted by molar-refractivity contribution is -0.0285. The predicted octanol–water partition coefficient (Wildman–Crippen LogP) is 6.12. The van der Waals surface area contributed by atoms with Crippen molar-refractivity contribution >= 4 is 19.5 Å². The van der Waals surface area contributed by atoms with Crippen molar-refractivity contribution < 1.29 is 8.85 Å². The molecule has 0 rings (SSSR count). The van der Waals surface area contributed by atoms with Crippen LogP contribution in [0.5, 0.6) is 0 Å². The molecule has 0 N–H and O–H groups in total. The fraction of sp³-hybridized carbons (Fsp3) is 1.00. The summed E-state index contributed by atoms with van der Waals surface area (Å²) in [6.45, 7) is 23.3. The maximum atomic E-state index is 6.67. The highest BCUT2D eigenvalue weighted by Crippen LogP contribution is 2.36. The van der Waals surface area contributed by atoms with Crippen LogP contribution in [0.15, 0.2) is 0 Å². The Balaban J connectivity index is 4.42. The Morgan fingerprint density at radius 3 is 1.11 bits per heavy atom. The van der Waals surface area contributed by atoms with E-state index in [0.29, 0.717) is 23.7 Å². The van der Waals surface area contributed by atoms with E-state index in [4.69, 9.17) is 8.85 Å². The van der Waals surface area contributed by atoms with Gasteiger partial charge in [-0.25, -0.2) is 0 Å². The summed E-state index contributed by atoms with van der Waals surface area (Å²) in [5.41, 5.74) is 0.223. The molecule has 164 valence electrons. The van der Waals surface area contributed by atoms with Crippen LogP contribution in [0.2, 0.25) is 12.1 Å². The van der Waals surface area contributed by atoms with Crippen molar-refractivity contribution in [2.24, 2.45) is 23.7 Å². The summed E-state index contributed by atoms with van der Waals surface area (Å²) >= 11 is 0. The van der Waals surface area contributed by atoms with Crippen LogP contribution in [0.3, 0.4) is 0 Å². The Hall–Kier alpha value is 0.354. The van der Waals surface area contributed by atoms with Crippen molar-refractivity contribution in [3.8, 4) is 0 Å². The second-order valence-corrected chi connectivity index (χ2v) is 12.6. The molecule has 0 fully saturated rings. The van der Waals surface area contributed by atoms with Gasteiger partial charge in [0.1, 0.15) is 0 Å². The van der Waals surface area contributed by atoms with E-state index in [1.807, 2.05) is 0 Å². The Morgan fingerprint density at radius 2 is 0.889 bits per heavy atom. The van der Waals surface area contributed by atoms with Crippen molar-refractivity contribution in [2.45, 2.75) is 125 Å². The third kappa shape index (κ3) is 7.95. The molecule has 0 aromatic carbocycles. The molecule has 0 radical (unpaired) electrons. The van der Waals surface area contributed by atoms with Crippen molar-refractivity contribution in [3.63, 3.8) is 0 Å². The third-order valence-corrected chi connectivity index (χ3v) is 9.78. The van der Waals surface area contributed by atoms with E-state index in [9.17, 15) is 0 Å². The zero-order chi connectivity index (χ0) is 21.1. The maximum Gasteiger partial charge on any atom is 0.162 e. The number of hydrogen-bond donors (Lipinski definition) is 0. The average Bonchev–Trinajstić information content (AvgIpc) is 2.57. The van der Waals surface area contributed by atoms with Crippen molar-refractivity contribution in [1.29, 1.82) is 0 Å². The third-order valence-electron chi connectivity index (χ3n) is 6.72. The fourth-order valence-electron chi connectivity index (χ4n) is 4.99. The van der Waals surface area contributed by atoms with Crippen LogP contribution in [-0.2, 0) is 8.85 Å². The molecule has 0 bridgehead atoms. The number of hydrogen-bond acceptors (Lipinski definition) is 2. The molecular formula is C23H52O2Si2. The molecule has 0 saturated carbocycles. The molecule has 0 heterocycles. The zero-order valence-corrected chi connectivity index (χ0v) is 23.3. The molecule has 0 aromatic heterocycles. The van der Waals surface area contributed by atoms with Crippen LogP contribution in [0.25, 0.3) is 0 Å². The largest absolute Gasteiger partial charge is 0.418 e. The van der Waals surface area contributed by atoms with Gasteiger partial charge in [0.05, 0.1) is 11.2 Å². The molecule has 2 nitrogen and oxygen atoms in total. The van der Waals surface area contributed by atoms with Crippen LogP contribution < -0.4 is 0 Å². The first kappa shape index (κ1) is 27.4. The van der Waals surface area contributed by atoms with Gasteiger partial charge in [0, 0.05) is 0 Å². The van der Waals surface area contributed by atoms with E-state index in [-0.39, 0.29) is 11.2 Å². The Labute approximate surface area is 176 Å². The van der Waals surface area contributed by atoms with Gasteiger partial charge in [-0.15, -0.1) is 0 Å². The molecule has 0 unspecified atom stereocenters. The summed E-state index contributed by atoms with van der Waals surface area (Å²) in [7, 11) is -0.870. The molecule has 0 aliphatic rings. The van der Waals surface area contributed by atoms with Gasteiger partial charge >= 0.3 is 0 Å². The van der Waals surface area contributed by atoms with Gasteiger partial charge in [0.15, 0.2) is 19.5 Å². The van der Waals surface area contributed by atoms with Gasteiger partial charge in [-0.05, 0) is 48.6 Å². The topological polar surface area (TPSA) is 18.5 Å². The van der Waals surface area contributed by atoms with Crippen LogP contribution in [0.1, 0.15) is 101 Å². The van der Waals surface area contributed by atoms with Gasteiger partial charge < -0.3 is 8.85 Å². The standard InChI is InChI=1S/C23H52O2Si2/c1-11-14-22(18(3)4,19(5)6)24-26-16-13-17-27-25-23(15-12-2,20(7)8)21(9)10/h18-21H,11-17,26-27H2,1-10H3. The summed E-state index contributed by atoms with van der Waals surface area (Å²) in [6.07, 6.45) is 6.16. The predicted molar refractivity (Wildman–Crippen MR) is 128 cm³/mol. The van der Waals surface area contributed by atoms with Crippen molar-refractivity contribution in [2.75, 3.05) is 0 Å². The second kappa shape index (κ2) is 13.6. The highest BCUT2D eigenvalue weighted by Gasteiger charge is 2.37. The summed E-state index contributed by atoms with van der Waals surface area (Å²) in [5, 5.41) is 0. The van der Waals surface area contributed by atoms with E-state index < -0.39 is 19.5 Å². The smallest absolute Gasteiger partial charge is 0.162 e. The fourth-order valence-corrected chi connectivity index (χ4v) is 9.48. The molecule has 0 saturated heterocycles. The van der Waals surface area contributed by atoms with Crippen molar-refractivity contribution in [1.82, 2.24) is 0 Å². The van der Waals surface area contributed by atoms with Gasteiger partial charge in [0.25, 0.3) is 0 Å². The lowest BCUT2D eigenvalue weighted by Crippen LogP contribution is -2.45. The molecule has 0 aromatic rings. The first-order valence-electron chi connectivity index (χ1n) is 11.9. The molecule has 0 aliphatic carbocycles. The minimum absolute atomic E-state index is 0.112. The first-order chi connectivity index (χ1) is 12.6. The average molecular weight is 417 g/mol. The van der Waals surface area contributed by atoms with Gasteiger partial charge in [-0.3, -0.25) is 0 Å². The second-order valence-electron chi connectivity index (χ2n) is 9.79. The quantitative estimate of drug-likeness (QED) is 0.223. The lowest BCUT2D eigenvalue weighted by atomic mass is 9.77. The zero-order valence-electron chi connectivity index (χ0n) is 20.5. The molecular weight excluding hydrogens is 364 g/mol. The Bertz CT molecular complexity index is 317. The normalized spacial score (nSPS) is 14.4. The SMILES string of the molecule is CCCC(O[SiH2]CCC[SiH2]OC(CCC)(C(C)C)C(C)C)(C(C)C)C(C)C. The number of rotatable bonds is 16. The summed E-state index contributed by atoms with van der Waals surface area (Å²) in [4.78, 5) is 0. The van der Waals surface area contributed by atoms with E-state index in [1.165, 1.54) is 44.2 Å². The van der Waals surface area contributed by atoms with Gasteiger partial charge in [-0.1, -0.05) is 88.5 Å². The van der Waals surface area contributed by atoms with Crippen molar-refractivity contribution in [3.05, 3.63) is 0 Å². The van der Waals surface area contributed by atoms with E-state index in [1.54, 1.807) is 0 Å². The monoisotopic (exact) mass is 416 g/mol. The molecule has 27 heavy (non-hydrogen) atoms. The first-order valence-corrected chi connectivity index (χ1v) is 15.0. The lowest BCUT2D eigenvalue weighted by Gasteiger charge is -2.42. The molecule has 0 amide bonds. The molecule has 0 atom stereocenters. The van der Waals surface area contributed by atoms with E-state index in [0.717, 1.165) is 0 Å². The highest BCUT2D eigenvalue weighted by atomic mass is 28.2. The Morgan fingerprint density at radius 1 is 0.593 bits per heavy atom. The summed E-state index contributed by atoms with van der Waals surface area (Å²) < 4.78 is 13.3. The minimum atomic E-state index is -0.435. The van der Waals surface area contributed by atoms with E-state index in [2.05, 4.69) is 69.2 Å². The van der Waals surface area contributed by atoms with Gasteiger partial charge in [0.2, 0.25) is 0 Å². The van der Waals surface area contributed by atoms with Crippen LogP contribution >= 0.6 is 0 Å².